The third kappa shape index (κ3) is 6.30. The molecular formula is C17H22N4O2S3. The fourth-order valence-corrected chi connectivity index (χ4v) is 4.29. The van der Waals surface area contributed by atoms with E-state index in [0.717, 1.165) is 21.4 Å². The number of benzene rings is 1. The Hall–Kier alpha value is -1.58. The van der Waals surface area contributed by atoms with E-state index >= 15 is 0 Å². The third-order valence-electron chi connectivity index (χ3n) is 3.42. The molecule has 0 saturated carbocycles. The summed E-state index contributed by atoms with van der Waals surface area (Å²) in [5, 5.41) is 14.1. The van der Waals surface area contributed by atoms with Crippen LogP contribution in [-0.2, 0) is 4.79 Å². The minimum absolute atomic E-state index is 0.255. The van der Waals surface area contributed by atoms with Crippen LogP contribution in [0.15, 0.2) is 28.6 Å². The monoisotopic (exact) mass is 410 g/mol. The van der Waals surface area contributed by atoms with Crippen LogP contribution < -0.4 is 10.6 Å². The molecular weight excluding hydrogens is 388 g/mol. The maximum absolute atomic E-state index is 12.6. The summed E-state index contributed by atoms with van der Waals surface area (Å²) in [4.78, 5) is 25.1. The van der Waals surface area contributed by atoms with Crippen molar-refractivity contribution < 1.29 is 9.59 Å². The average Bonchev–Trinajstić information content (AvgIpc) is 3.05. The molecule has 140 valence electrons. The van der Waals surface area contributed by atoms with E-state index in [1.165, 1.54) is 11.3 Å². The molecule has 0 aliphatic rings. The van der Waals surface area contributed by atoms with Gasteiger partial charge in [-0.3, -0.25) is 14.9 Å². The van der Waals surface area contributed by atoms with Gasteiger partial charge in [0.25, 0.3) is 5.91 Å². The van der Waals surface area contributed by atoms with Crippen LogP contribution in [0.25, 0.3) is 0 Å². The summed E-state index contributed by atoms with van der Waals surface area (Å²) >= 11 is 4.54. The van der Waals surface area contributed by atoms with Crippen LogP contribution in [0.2, 0.25) is 0 Å². The number of amides is 2. The summed E-state index contributed by atoms with van der Waals surface area (Å²) < 4.78 is 0.812. The van der Waals surface area contributed by atoms with E-state index in [9.17, 15) is 9.59 Å². The molecule has 2 aromatic rings. The number of hydrogen-bond donors (Lipinski definition) is 2. The Morgan fingerprint density at radius 3 is 2.81 bits per heavy atom. The van der Waals surface area contributed by atoms with E-state index in [-0.39, 0.29) is 11.8 Å². The van der Waals surface area contributed by atoms with Crippen LogP contribution in [0.4, 0.5) is 5.13 Å². The van der Waals surface area contributed by atoms with Crippen LogP contribution in [0.5, 0.6) is 0 Å². The number of anilines is 1. The molecule has 1 aromatic carbocycles. The smallest absolute Gasteiger partial charge is 0.251 e. The van der Waals surface area contributed by atoms with Gasteiger partial charge in [-0.15, -0.1) is 10.2 Å². The van der Waals surface area contributed by atoms with Crippen LogP contribution in [0.3, 0.4) is 0 Å². The lowest BCUT2D eigenvalue weighted by molar-refractivity contribution is -0.118. The van der Waals surface area contributed by atoms with E-state index in [2.05, 4.69) is 20.8 Å². The topological polar surface area (TPSA) is 84.0 Å². The largest absolute Gasteiger partial charge is 0.340 e. The summed E-state index contributed by atoms with van der Waals surface area (Å²) in [6.07, 6.45) is 2.51. The van der Waals surface area contributed by atoms with E-state index in [1.807, 2.05) is 32.2 Å². The van der Waals surface area contributed by atoms with Crippen molar-refractivity contribution in [2.45, 2.75) is 30.6 Å². The fourth-order valence-electron chi connectivity index (χ4n) is 2.17. The highest BCUT2D eigenvalue weighted by atomic mass is 32.2. The molecule has 0 radical (unpaired) electrons. The number of nitrogens with one attached hydrogen (secondary N) is 2. The summed E-state index contributed by atoms with van der Waals surface area (Å²) in [6.45, 7) is 3.96. The Balaban J connectivity index is 2.04. The number of aromatic nitrogens is 2. The molecule has 9 heteroatoms. The van der Waals surface area contributed by atoms with Crippen molar-refractivity contribution in [1.29, 1.82) is 0 Å². The molecule has 0 unspecified atom stereocenters. The lowest BCUT2D eigenvalue weighted by Crippen LogP contribution is -2.44. The molecule has 0 fully saturated rings. The Bertz CT molecular complexity index is 751. The molecule has 0 aliphatic heterocycles. The van der Waals surface area contributed by atoms with Crippen molar-refractivity contribution in [3.8, 4) is 0 Å². The Morgan fingerprint density at radius 2 is 2.12 bits per heavy atom. The quantitative estimate of drug-likeness (QED) is 0.487. The molecule has 26 heavy (non-hydrogen) atoms. The van der Waals surface area contributed by atoms with Gasteiger partial charge in [-0.25, -0.2) is 0 Å². The Morgan fingerprint density at radius 1 is 1.31 bits per heavy atom. The lowest BCUT2D eigenvalue weighted by Gasteiger charge is -2.17. The number of rotatable bonds is 9. The van der Waals surface area contributed by atoms with E-state index in [1.54, 1.807) is 35.7 Å². The van der Waals surface area contributed by atoms with Gasteiger partial charge in [-0.05, 0) is 43.2 Å². The fraction of sp³-hybridized carbons (Fsp3) is 0.412. The van der Waals surface area contributed by atoms with Gasteiger partial charge in [0.15, 0.2) is 4.34 Å². The first-order valence-electron chi connectivity index (χ1n) is 8.17. The minimum Gasteiger partial charge on any atom is -0.340 e. The van der Waals surface area contributed by atoms with Gasteiger partial charge in [-0.2, -0.15) is 11.8 Å². The standard InChI is InChI=1S/C17H22N4O2S3/c1-4-25-17-21-20-16(26-17)19-15(23)13(8-9-24-3)18-14(22)12-7-5-6-11(2)10-12/h5-7,10,13H,4,8-9H2,1-3H3,(H,18,22)(H,19,20,23)/t13-/m1/s1. The van der Waals surface area contributed by atoms with Gasteiger partial charge in [0, 0.05) is 5.56 Å². The average molecular weight is 411 g/mol. The molecule has 0 spiro atoms. The van der Waals surface area contributed by atoms with Crippen molar-refractivity contribution in [1.82, 2.24) is 15.5 Å². The number of carbonyl (C=O) groups excluding carboxylic acids is 2. The first-order valence-corrected chi connectivity index (χ1v) is 11.4. The van der Waals surface area contributed by atoms with E-state index < -0.39 is 6.04 Å². The van der Waals surface area contributed by atoms with Crippen LogP contribution in [0.1, 0.15) is 29.3 Å². The SMILES string of the molecule is CCSc1nnc(NC(=O)[C@@H](CCSC)NC(=O)c2cccc(C)c2)s1. The first kappa shape index (κ1) is 20.7. The van der Waals surface area contributed by atoms with Gasteiger partial charge >= 0.3 is 0 Å². The number of nitrogens with zero attached hydrogens (tertiary/aromatic N) is 2. The summed E-state index contributed by atoms with van der Waals surface area (Å²) in [5.41, 5.74) is 1.54. The maximum Gasteiger partial charge on any atom is 0.251 e. The van der Waals surface area contributed by atoms with Crippen molar-refractivity contribution in [2.24, 2.45) is 0 Å². The molecule has 0 bridgehead atoms. The van der Waals surface area contributed by atoms with Crippen molar-refractivity contribution in [3.63, 3.8) is 0 Å². The summed E-state index contributed by atoms with van der Waals surface area (Å²) in [7, 11) is 0. The third-order valence-corrected chi connectivity index (χ3v) is 5.92. The summed E-state index contributed by atoms with van der Waals surface area (Å²) in [6, 6.07) is 6.68. The van der Waals surface area contributed by atoms with E-state index in [0.29, 0.717) is 17.1 Å². The second-order valence-electron chi connectivity index (χ2n) is 5.47. The van der Waals surface area contributed by atoms with Gasteiger partial charge in [-0.1, -0.05) is 47.7 Å². The van der Waals surface area contributed by atoms with Crippen molar-refractivity contribution in [3.05, 3.63) is 35.4 Å². The van der Waals surface area contributed by atoms with E-state index in [4.69, 9.17) is 0 Å². The van der Waals surface area contributed by atoms with Crippen LogP contribution >= 0.6 is 34.9 Å². The maximum atomic E-state index is 12.6. The van der Waals surface area contributed by atoms with Crippen molar-refractivity contribution in [2.75, 3.05) is 23.1 Å². The zero-order valence-electron chi connectivity index (χ0n) is 14.9. The summed E-state index contributed by atoms with van der Waals surface area (Å²) in [5.74, 6) is 1.13. The predicted molar refractivity (Wildman–Crippen MR) is 110 cm³/mol. The molecule has 0 aliphatic carbocycles. The second-order valence-corrected chi connectivity index (χ2v) is 8.95. The van der Waals surface area contributed by atoms with Crippen LogP contribution in [0, 0.1) is 6.92 Å². The molecule has 2 amide bonds. The lowest BCUT2D eigenvalue weighted by atomic mass is 10.1. The van der Waals surface area contributed by atoms with Gasteiger partial charge in [0.1, 0.15) is 6.04 Å². The molecule has 2 rings (SSSR count). The number of carbonyl (C=O) groups is 2. The van der Waals surface area contributed by atoms with Gasteiger partial charge in [0.05, 0.1) is 0 Å². The number of hydrogen-bond acceptors (Lipinski definition) is 7. The predicted octanol–water partition coefficient (Wildman–Crippen LogP) is 3.45. The Labute approximate surface area is 165 Å². The highest BCUT2D eigenvalue weighted by molar-refractivity contribution is 8.01. The Kier molecular flexibility index (Phi) is 8.40. The number of aryl methyl sites for hydroxylation is 1. The second kappa shape index (κ2) is 10.5. The molecule has 1 heterocycles. The minimum atomic E-state index is -0.623. The molecule has 6 nitrogen and oxygen atoms in total. The number of thioether (sulfide) groups is 2. The van der Waals surface area contributed by atoms with Crippen molar-refractivity contribution >= 4 is 51.8 Å². The normalized spacial score (nSPS) is 11.8. The molecule has 1 aromatic heterocycles. The zero-order valence-corrected chi connectivity index (χ0v) is 17.4. The highest BCUT2D eigenvalue weighted by Crippen LogP contribution is 2.25. The molecule has 1 atom stereocenters. The van der Waals surface area contributed by atoms with Gasteiger partial charge in [0.2, 0.25) is 11.0 Å². The zero-order chi connectivity index (χ0) is 18.9. The van der Waals surface area contributed by atoms with Crippen LogP contribution in [-0.4, -0.2) is 45.8 Å². The highest BCUT2D eigenvalue weighted by Gasteiger charge is 2.22. The van der Waals surface area contributed by atoms with Gasteiger partial charge < -0.3 is 5.32 Å². The molecule has 2 N–H and O–H groups in total. The molecule has 0 saturated heterocycles. The first-order chi connectivity index (χ1) is 12.5.